The fourth-order valence-corrected chi connectivity index (χ4v) is 5.60. The van der Waals surface area contributed by atoms with Crippen molar-refractivity contribution in [2.24, 2.45) is 11.3 Å². The molecule has 2 saturated carbocycles. The fraction of sp³-hybridized carbons (Fsp3) is 0.667. The van der Waals surface area contributed by atoms with Gasteiger partial charge >= 0.3 is 5.97 Å². The van der Waals surface area contributed by atoms with E-state index in [1.54, 1.807) is 0 Å². The number of carbonyl (C=O) groups excluding carboxylic acids is 1. The van der Waals surface area contributed by atoms with Gasteiger partial charge < -0.3 is 19.7 Å². The van der Waals surface area contributed by atoms with Crippen molar-refractivity contribution in [1.82, 2.24) is 0 Å². The number of allylic oxidation sites excluding steroid dienone is 4. The summed E-state index contributed by atoms with van der Waals surface area (Å²) in [5, 5.41) is 20.1. The molecule has 0 aromatic heterocycles. The number of aliphatic hydroxyl groups excluding tert-OH is 2. The van der Waals surface area contributed by atoms with E-state index < -0.39 is 17.8 Å². The van der Waals surface area contributed by atoms with E-state index in [9.17, 15) is 15.0 Å². The molecule has 32 heavy (non-hydrogen) atoms. The molecule has 2 fully saturated rings. The first-order chi connectivity index (χ1) is 14.9. The largest absolute Gasteiger partial charge is 0.458 e. The molecule has 178 valence electrons. The third-order valence-electron chi connectivity index (χ3n) is 7.18. The number of fused-ring (bicyclic) bond motifs is 1. The number of aliphatic hydroxyl groups is 2. The summed E-state index contributed by atoms with van der Waals surface area (Å²) in [4.78, 5) is 12.1. The van der Waals surface area contributed by atoms with Crippen LogP contribution >= 0.6 is 0 Å². The van der Waals surface area contributed by atoms with Crippen LogP contribution in [0.3, 0.4) is 0 Å². The van der Waals surface area contributed by atoms with Crippen LogP contribution in [-0.4, -0.2) is 46.7 Å². The smallest absolute Gasteiger partial charge is 0.332 e. The molecule has 5 nitrogen and oxygen atoms in total. The highest BCUT2D eigenvalue weighted by Gasteiger charge is 2.46. The van der Waals surface area contributed by atoms with E-state index in [1.165, 1.54) is 11.1 Å². The van der Waals surface area contributed by atoms with Crippen LogP contribution in [0, 0.1) is 11.3 Å². The maximum atomic E-state index is 12.1. The lowest BCUT2D eigenvalue weighted by molar-refractivity contribution is -0.161. The predicted octanol–water partition coefficient (Wildman–Crippen LogP) is 4.79. The van der Waals surface area contributed by atoms with Crippen molar-refractivity contribution in [3.8, 4) is 0 Å². The molecule has 0 saturated heterocycles. The zero-order chi connectivity index (χ0) is 23.7. The summed E-state index contributed by atoms with van der Waals surface area (Å²) in [5.74, 6) is 0.0694. The van der Waals surface area contributed by atoms with Crippen molar-refractivity contribution in [3.63, 3.8) is 0 Å². The summed E-state index contributed by atoms with van der Waals surface area (Å²) < 4.78 is 11.3. The standard InChI is InChI=1S/C27H40O5/c1-17-20(14-21(28)15-24(17)29)10-9-19-8-7-13-27(6)22(11-12-23(19)27)18(2)31-16-25(30)32-26(3,4)5/h9-11,18,21,23-24,28-29H,1,7-8,12-16H2,2-6H3/t18-,21-,23+,24+,27-/m1/s1. The second-order valence-electron chi connectivity index (χ2n) is 10.8. The number of carbonyl (C=O) groups is 1. The average Bonchev–Trinajstić information content (AvgIpc) is 3.04. The number of hydrogen-bond acceptors (Lipinski definition) is 5. The molecular weight excluding hydrogens is 404 g/mol. The van der Waals surface area contributed by atoms with Gasteiger partial charge in [-0.3, -0.25) is 0 Å². The van der Waals surface area contributed by atoms with Crippen molar-refractivity contribution in [2.45, 2.75) is 97.1 Å². The molecule has 0 aromatic carbocycles. The Kier molecular flexibility index (Phi) is 7.53. The molecule has 0 unspecified atom stereocenters. The summed E-state index contributed by atoms with van der Waals surface area (Å²) in [6.07, 6.45) is 10.3. The van der Waals surface area contributed by atoms with Gasteiger partial charge in [-0.2, -0.15) is 0 Å². The van der Waals surface area contributed by atoms with Crippen molar-refractivity contribution in [2.75, 3.05) is 6.61 Å². The Balaban J connectivity index is 1.69. The van der Waals surface area contributed by atoms with Gasteiger partial charge in [-0.15, -0.1) is 0 Å². The first kappa shape index (κ1) is 24.9. The van der Waals surface area contributed by atoms with Crippen LogP contribution in [0.5, 0.6) is 0 Å². The predicted molar refractivity (Wildman–Crippen MR) is 126 cm³/mol. The quantitative estimate of drug-likeness (QED) is 0.471. The van der Waals surface area contributed by atoms with Crippen molar-refractivity contribution in [1.29, 1.82) is 0 Å². The summed E-state index contributed by atoms with van der Waals surface area (Å²) in [5.41, 5.74) is 3.84. The topological polar surface area (TPSA) is 76.0 Å². The molecule has 3 aliphatic carbocycles. The summed E-state index contributed by atoms with van der Waals surface area (Å²) in [6.45, 7) is 13.9. The Morgan fingerprint density at radius 3 is 2.75 bits per heavy atom. The zero-order valence-corrected chi connectivity index (χ0v) is 20.3. The molecular formula is C27H40O5. The minimum absolute atomic E-state index is 0.0124. The van der Waals surface area contributed by atoms with E-state index in [0.717, 1.165) is 36.8 Å². The number of ether oxygens (including phenoxy) is 2. The number of rotatable bonds is 5. The van der Waals surface area contributed by atoms with E-state index in [4.69, 9.17) is 9.47 Å². The lowest BCUT2D eigenvalue weighted by Gasteiger charge is -2.42. The van der Waals surface area contributed by atoms with Gasteiger partial charge in [0.05, 0.1) is 18.3 Å². The van der Waals surface area contributed by atoms with Crippen LogP contribution < -0.4 is 0 Å². The Hall–Kier alpha value is -1.69. The molecule has 0 radical (unpaired) electrons. The van der Waals surface area contributed by atoms with E-state index in [2.05, 4.69) is 31.7 Å². The van der Waals surface area contributed by atoms with E-state index in [1.807, 2.05) is 27.7 Å². The Labute approximate surface area is 192 Å². The van der Waals surface area contributed by atoms with Crippen LogP contribution in [0.1, 0.15) is 73.1 Å². The van der Waals surface area contributed by atoms with Crippen molar-refractivity contribution >= 4 is 5.97 Å². The highest BCUT2D eigenvalue weighted by Crippen LogP contribution is 2.55. The Bertz CT molecular complexity index is 827. The molecule has 0 heterocycles. The second-order valence-corrected chi connectivity index (χ2v) is 10.8. The summed E-state index contributed by atoms with van der Waals surface area (Å²) in [6, 6.07) is 0. The lowest BCUT2D eigenvalue weighted by Crippen LogP contribution is -2.35. The number of esters is 1. The highest BCUT2D eigenvalue weighted by molar-refractivity contribution is 5.71. The van der Waals surface area contributed by atoms with Crippen molar-refractivity contribution < 1.29 is 24.5 Å². The van der Waals surface area contributed by atoms with Crippen LogP contribution in [0.4, 0.5) is 0 Å². The second kappa shape index (κ2) is 9.66. The lowest BCUT2D eigenvalue weighted by atomic mass is 9.63. The molecule has 0 amide bonds. The van der Waals surface area contributed by atoms with Crippen LogP contribution in [-0.2, 0) is 14.3 Å². The zero-order valence-electron chi connectivity index (χ0n) is 20.3. The highest BCUT2D eigenvalue weighted by atomic mass is 16.6. The van der Waals surface area contributed by atoms with Crippen LogP contribution in [0.15, 0.2) is 47.1 Å². The van der Waals surface area contributed by atoms with Gasteiger partial charge in [0.15, 0.2) is 0 Å². The SMILES string of the molecule is C=C1C(=CC=C2CCC[C@]3(C)C([C@@H](C)OCC(=O)OC(C)(C)C)=CC[C@@H]23)C[C@@H](O)C[C@@H]1O. The van der Waals surface area contributed by atoms with Gasteiger partial charge in [0.25, 0.3) is 0 Å². The third kappa shape index (κ3) is 5.62. The van der Waals surface area contributed by atoms with Crippen LogP contribution in [0.25, 0.3) is 0 Å². The van der Waals surface area contributed by atoms with E-state index in [0.29, 0.717) is 18.8 Å². The van der Waals surface area contributed by atoms with E-state index in [-0.39, 0.29) is 24.1 Å². The summed E-state index contributed by atoms with van der Waals surface area (Å²) in [7, 11) is 0. The minimum Gasteiger partial charge on any atom is -0.458 e. The fourth-order valence-electron chi connectivity index (χ4n) is 5.60. The Morgan fingerprint density at radius 1 is 1.34 bits per heavy atom. The van der Waals surface area contributed by atoms with Crippen molar-refractivity contribution in [3.05, 3.63) is 47.1 Å². The average molecular weight is 445 g/mol. The van der Waals surface area contributed by atoms with E-state index >= 15 is 0 Å². The van der Waals surface area contributed by atoms with Gasteiger partial charge in [0.1, 0.15) is 12.2 Å². The van der Waals surface area contributed by atoms with Gasteiger partial charge in [-0.1, -0.05) is 37.3 Å². The molecule has 2 N–H and O–H groups in total. The van der Waals surface area contributed by atoms with Gasteiger partial charge in [-0.25, -0.2) is 4.79 Å². The van der Waals surface area contributed by atoms with Gasteiger partial charge in [0.2, 0.25) is 0 Å². The maximum absolute atomic E-state index is 12.1. The first-order valence-electron chi connectivity index (χ1n) is 11.9. The van der Waals surface area contributed by atoms with Crippen LogP contribution in [0.2, 0.25) is 0 Å². The molecule has 3 aliphatic rings. The molecule has 5 atom stereocenters. The monoisotopic (exact) mass is 444 g/mol. The molecule has 3 rings (SSSR count). The minimum atomic E-state index is -0.664. The maximum Gasteiger partial charge on any atom is 0.332 e. The molecule has 0 bridgehead atoms. The molecule has 0 aromatic rings. The number of hydrogen-bond donors (Lipinski definition) is 2. The molecule has 0 spiro atoms. The third-order valence-corrected chi connectivity index (χ3v) is 7.18. The molecule has 5 heteroatoms. The normalized spacial score (nSPS) is 34.4. The Morgan fingerprint density at radius 2 is 2.06 bits per heavy atom. The van der Waals surface area contributed by atoms with Gasteiger partial charge in [-0.05, 0) is 87.9 Å². The van der Waals surface area contributed by atoms with Gasteiger partial charge in [0, 0.05) is 6.42 Å². The molecule has 0 aliphatic heterocycles. The first-order valence-corrected chi connectivity index (χ1v) is 11.9. The summed E-state index contributed by atoms with van der Waals surface area (Å²) >= 11 is 0.